The van der Waals surface area contributed by atoms with Gasteiger partial charge in [0.05, 0.1) is 26.4 Å². The van der Waals surface area contributed by atoms with E-state index in [9.17, 15) is 0 Å². The van der Waals surface area contributed by atoms with Gasteiger partial charge in [0.15, 0.2) is 17.5 Å². The van der Waals surface area contributed by atoms with Crippen molar-refractivity contribution in [2.75, 3.05) is 33.4 Å². The Morgan fingerprint density at radius 2 is 2.00 bits per heavy atom. The lowest BCUT2D eigenvalue weighted by Crippen LogP contribution is -2.47. The smallest absolute Gasteiger partial charge is 0.191 e. The van der Waals surface area contributed by atoms with Crippen LogP contribution in [-0.2, 0) is 11.3 Å². The summed E-state index contributed by atoms with van der Waals surface area (Å²) in [5, 5.41) is 6.88. The summed E-state index contributed by atoms with van der Waals surface area (Å²) in [5.74, 6) is 2.82. The third-order valence-electron chi connectivity index (χ3n) is 5.12. The van der Waals surface area contributed by atoms with Crippen LogP contribution < -0.4 is 20.1 Å². The predicted octanol–water partition coefficient (Wildman–Crippen LogP) is 3.99. The summed E-state index contributed by atoms with van der Waals surface area (Å²) >= 11 is 0. The van der Waals surface area contributed by atoms with Gasteiger partial charge in [0.1, 0.15) is 0 Å². The number of nitrogens with zero attached hydrogens (tertiary/aromatic N) is 1. The first-order valence-electron chi connectivity index (χ1n) is 10.8. The summed E-state index contributed by atoms with van der Waals surface area (Å²) in [5.41, 5.74) is 1.22. The summed E-state index contributed by atoms with van der Waals surface area (Å²) in [4.78, 5) is 4.77. The van der Waals surface area contributed by atoms with Crippen LogP contribution in [-0.4, -0.2) is 45.5 Å². The molecule has 6 nitrogen and oxygen atoms in total. The third kappa shape index (κ3) is 7.11. The highest BCUT2D eigenvalue weighted by molar-refractivity contribution is 5.79. The van der Waals surface area contributed by atoms with Gasteiger partial charge in [-0.1, -0.05) is 26.8 Å². The number of rotatable bonds is 8. The van der Waals surface area contributed by atoms with Crippen molar-refractivity contribution in [3.05, 3.63) is 23.8 Å². The topological polar surface area (TPSA) is 64.1 Å². The van der Waals surface area contributed by atoms with Crippen LogP contribution in [0.25, 0.3) is 0 Å². The van der Waals surface area contributed by atoms with Crippen molar-refractivity contribution in [2.45, 2.75) is 60.1 Å². The molecule has 0 spiro atoms. The molecular weight excluding hydrogens is 366 g/mol. The Balaban J connectivity index is 2.03. The molecule has 0 bridgehead atoms. The molecule has 164 valence electrons. The van der Waals surface area contributed by atoms with Gasteiger partial charge in [-0.15, -0.1) is 0 Å². The molecule has 0 amide bonds. The Kier molecular flexibility index (Phi) is 9.08. The molecule has 2 N–H and O–H groups in total. The SMILES string of the molecule is CCNC(=NCc1ccc(OC)c(OCC)c1)NCC1CCCOC1C(C)(C)C. The molecule has 29 heavy (non-hydrogen) atoms. The zero-order chi connectivity index (χ0) is 21.3. The van der Waals surface area contributed by atoms with Gasteiger partial charge in [0, 0.05) is 25.6 Å². The Bertz CT molecular complexity index is 655. The first-order chi connectivity index (χ1) is 13.9. The van der Waals surface area contributed by atoms with Gasteiger partial charge in [0.2, 0.25) is 0 Å². The van der Waals surface area contributed by atoms with E-state index in [1.165, 1.54) is 6.42 Å². The van der Waals surface area contributed by atoms with Crippen molar-refractivity contribution in [2.24, 2.45) is 16.3 Å². The van der Waals surface area contributed by atoms with Gasteiger partial charge in [-0.25, -0.2) is 4.99 Å². The zero-order valence-corrected chi connectivity index (χ0v) is 19.0. The number of benzene rings is 1. The molecule has 1 aliphatic heterocycles. The predicted molar refractivity (Wildman–Crippen MR) is 119 cm³/mol. The van der Waals surface area contributed by atoms with Crippen molar-refractivity contribution >= 4 is 5.96 Å². The van der Waals surface area contributed by atoms with Crippen LogP contribution in [0.15, 0.2) is 23.2 Å². The molecule has 6 heteroatoms. The Labute approximate surface area is 176 Å². The highest BCUT2D eigenvalue weighted by atomic mass is 16.5. The van der Waals surface area contributed by atoms with Crippen LogP contribution in [0.5, 0.6) is 11.5 Å². The monoisotopic (exact) mass is 405 g/mol. The van der Waals surface area contributed by atoms with Crippen molar-refractivity contribution < 1.29 is 14.2 Å². The molecule has 2 unspecified atom stereocenters. The highest BCUT2D eigenvalue weighted by Crippen LogP contribution is 2.33. The molecular formula is C23H39N3O3. The molecule has 2 atom stereocenters. The second kappa shape index (κ2) is 11.3. The molecule has 1 heterocycles. The largest absolute Gasteiger partial charge is 0.493 e. The van der Waals surface area contributed by atoms with Crippen LogP contribution in [0, 0.1) is 11.3 Å². The molecule has 1 aliphatic rings. The van der Waals surface area contributed by atoms with Crippen molar-refractivity contribution in [1.82, 2.24) is 10.6 Å². The van der Waals surface area contributed by atoms with Crippen LogP contribution in [0.4, 0.5) is 0 Å². The summed E-state index contributed by atoms with van der Waals surface area (Å²) in [6.07, 6.45) is 2.57. The third-order valence-corrected chi connectivity index (χ3v) is 5.12. The average molecular weight is 406 g/mol. The van der Waals surface area contributed by atoms with E-state index in [-0.39, 0.29) is 11.5 Å². The number of hydrogen-bond acceptors (Lipinski definition) is 4. The molecule has 0 aliphatic carbocycles. The van der Waals surface area contributed by atoms with Crippen molar-refractivity contribution in [3.8, 4) is 11.5 Å². The molecule has 0 aromatic heterocycles. The Hall–Kier alpha value is -1.95. The van der Waals surface area contributed by atoms with Gasteiger partial charge in [-0.2, -0.15) is 0 Å². The first kappa shape index (κ1) is 23.3. The van der Waals surface area contributed by atoms with Crippen molar-refractivity contribution in [1.29, 1.82) is 0 Å². The van der Waals surface area contributed by atoms with Gasteiger partial charge >= 0.3 is 0 Å². The summed E-state index contributed by atoms with van der Waals surface area (Å²) in [7, 11) is 1.66. The number of aliphatic imine (C=N–C) groups is 1. The van der Waals surface area contributed by atoms with Crippen LogP contribution in [0.2, 0.25) is 0 Å². The quantitative estimate of drug-likeness (QED) is 0.506. The minimum atomic E-state index is 0.140. The maximum absolute atomic E-state index is 6.11. The fourth-order valence-corrected chi connectivity index (χ4v) is 3.84. The van der Waals surface area contributed by atoms with Gasteiger partial charge < -0.3 is 24.8 Å². The van der Waals surface area contributed by atoms with Gasteiger partial charge in [0.25, 0.3) is 0 Å². The molecule has 0 radical (unpaired) electrons. The number of guanidine groups is 1. The van der Waals surface area contributed by atoms with E-state index in [2.05, 4.69) is 38.3 Å². The molecule has 2 rings (SSSR count). The number of methoxy groups -OCH3 is 1. The van der Waals surface area contributed by atoms with E-state index < -0.39 is 0 Å². The average Bonchev–Trinajstić information content (AvgIpc) is 2.70. The molecule has 1 saturated heterocycles. The lowest BCUT2D eigenvalue weighted by Gasteiger charge is -2.40. The maximum atomic E-state index is 6.11. The van der Waals surface area contributed by atoms with E-state index in [1.54, 1.807) is 7.11 Å². The van der Waals surface area contributed by atoms with Crippen LogP contribution in [0.1, 0.15) is 53.0 Å². The standard InChI is InChI=1S/C23H39N3O3/c1-7-24-22(26-16-18-10-9-13-29-21(18)23(3,4)5)25-15-17-11-12-19(27-6)20(14-17)28-8-2/h11-12,14,18,21H,7-10,13,15-16H2,1-6H3,(H2,24,25,26). The van der Waals surface area contributed by atoms with E-state index >= 15 is 0 Å². The first-order valence-corrected chi connectivity index (χ1v) is 10.8. The van der Waals surface area contributed by atoms with Crippen LogP contribution in [0.3, 0.4) is 0 Å². The molecule has 0 saturated carbocycles. The Morgan fingerprint density at radius 3 is 2.66 bits per heavy atom. The second-order valence-electron chi connectivity index (χ2n) is 8.55. The lowest BCUT2D eigenvalue weighted by atomic mass is 9.78. The minimum Gasteiger partial charge on any atom is -0.493 e. The summed E-state index contributed by atoms with van der Waals surface area (Å²) in [6, 6.07) is 5.96. The van der Waals surface area contributed by atoms with Gasteiger partial charge in [-0.05, 0) is 49.8 Å². The number of nitrogens with one attached hydrogen (secondary N) is 2. The van der Waals surface area contributed by atoms with Crippen LogP contribution >= 0.6 is 0 Å². The number of hydrogen-bond donors (Lipinski definition) is 2. The van der Waals surface area contributed by atoms with E-state index in [0.717, 1.165) is 49.1 Å². The summed E-state index contributed by atoms with van der Waals surface area (Å²) < 4.78 is 17.1. The maximum Gasteiger partial charge on any atom is 0.191 e. The van der Waals surface area contributed by atoms with Gasteiger partial charge in [-0.3, -0.25) is 0 Å². The fraction of sp³-hybridized carbons (Fsp3) is 0.696. The summed E-state index contributed by atoms with van der Waals surface area (Å²) in [6.45, 7) is 14.6. The van der Waals surface area contributed by atoms with E-state index in [4.69, 9.17) is 19.2 Å². The minimum absolute atomic E-state index is 0.140. The second-order valence-corrected chi connectivity index (χ2v) is 8.55. The molecule has 1 aromatic rings. The zero-order valence-electron chi connectivity index (χ0n) is 19.0. The normalized spacial score (nSPS) is 20.3. The number of ether oxygens (including phenoxy) is 3. The fourth-order valence-electron chi connectivity index (χ4n) is 3.84. The van der Waals surface area contributed by atoms with Crippen molar-refractivity contribution in [3.63, 3.8) is 0 Å². The molecule has 1 aromatic carbocycles. The highest BCUT2D eigenvalue weighted by Gasteiger charge is 2.35. The Morgan fingerprint density at radius 1 is 1.21 bits per heavy atom. The molecule has 1 fully saturated rings. The van der Waals surface area contributed by atoms with E-state index in [1.807, 2.05) is 25.1 Å². The lowest BCUT2D eigenvalue weighted by molar-refractivity contribution is -0.0835. The van der Waals surface area contributed by atoms with E-state index in [0.29, 0.717) is 19.1 Å².